The van der Waals surface area contributed by atoms with E-state index in [1.54, 1.807) is 6.26 Å². The van der Waals surface area contributed by atoms with Gasteiger partial charge in [0, 0.05) is 75.4 Å². The van der Waals surface area contributed by atoms with Crippen molar-refractivity contribution in [1.82, 2.24) is 4.90 Å². The Morgan fingerprint density at radius 1 is 0.946 bits per heavy atom. The Labute approximate surface area is 230 Å². The van der Waals surface area contributed by atoms with E-state index in [-0.39, 0.29) is 17.8 Å². The van der Waals surface area contributed by atoms with Crippen LogP contribution in [0.5, 0.6) is 0 Å². The number of hydrogen-bond donors (Lipinski definition) is 0. The molecular formula is C31H46ClN3O2. The lowest BCUT2D eigenvalue weighted by Gasteiger charge is -2.42. The fraction of sp³-hybridized carbons (Fsp3) is 0.613. The van der Waals surface area contributed by atoms with Crippen LogP contribution in [0.25, 0.3) is 5.57 Å². The topological polar surface area (TPSA) is 32.1 Å². The van der Waals surface area contributed by atoms with E-state index in [4.69, 9.17) is 9.15 Å². The van der Waals surface area contributed by atoms with Gasteiger partial charge >= 0.3 is 0 Å². The number of benzene rings is 1. The molecule has 0 spiro atoms. The van der Waals surface area contributed by atoms with Gasteiger partial charge in [-0.15, -0.1) is 12.4 Å². The van der Waals surface area contributed by atoms with Crippen LogP contribution < -0.4 is 9.80 Å². The monoisotopic (exact) mass is 527 g/mol. The van der Waals surface area contributed by atoms with Gasteiger partial charge in [-0.25, -0.2) is 0 Å². The highest BCUT2D eigenvalue weighted by atomic mass is 35.5. The van der Waals surface area contributed by atoms with Crippen molar-refractivity contribution in [3.8, 4) is 0 Å². The van der Waals surface area contributed by atoms with Gasteiger partial charge in [-0.3, -0.25) is 4.90 Å². The maximum absolute atomic E-state index is 5.63. The summed E-state index contributed by atoms with van der Waals surface area (Å²) in [6, 6.07) is 9.36. The number of anilines is 2. The van der Waals surface area contributed by atoms with Crippen LogP contribution in [-0.4, -0.2) is 57.4 Å². The molecule has 0 saturated carbocycles. The number of piperazine rings is 1. The molecule has 0 amide bonds. The molecule has 5 rings (SSSR count). The SMILES string of the molecule is COC1CCN(c2ccc(N3CCN(Cc4ccoc4)CC3)c(C3=CC(C)(C)CC(C)(C)C3)c2)CC1.Cl. The lowest BCUT2D eigenvalue weighted by atomic mass is 9.65. The zero-order valence-electron chi connectivity index (χ0n) is 23.5. The average Bonchev–Trinajstić information content (AvgIpc) is 3.35. The largest absolute Gasteiger partial charge is 0.472 e. The molecular weight excluding hydrogens is 482 g/mol. The maximum Gasteiger partial charge on any atom is 0.0947 e. The van der Waals surface area contributed by atoms with E-state index >= 15 is 0 Å². The number of allylic oxidation sites excluding steroid dienone is 2. The summed E-state index contributed by atoms with van der Waals surface area (Å²) < 4.78 is 10.9. The Kier molecular flexibility index (Phi) is 8.67. The quantitative estimate of drug-likeness (QED) is 0.409. The highest BCUT2D eigenvalue weighted by molar-refractivity contribution is 5.85. The number of methoxy groups -OCH3 is 1. The van der Waals surface area contributed by atoms with Crippen LogP contribution in [0.1, 0.15) is 64.5 Å². The standard InChI is InChI=1S/C31H45N3O2.ClH/c1-30(2)19-25(20-31(3,4)23-30)28-18-26(33-11-8-27(35-5)9-12-33)6-7-29(28)34-15-13-32(14-16-34)21-24-10-17-36-22-24;/h6-7,10,17-19,22,27H,8-9,11-16,20-21,23H2,1-5H3;1H. The molecule has 2 saturated heterocycles. The van der Waals surface area contributed by atoms with Crippen molar-refractivity contribution in [2.75, 3.05) is 56.2 Å². The first-order chi connectivity index (χ1) is 17.2. The van der Waals surface area contributed by atoms with Gasteiger partial charge in [0.05, 0.1) is 18.6 Å². The molecule has 3 aliphatic rings. The first kappa shape index (κ1) is 28.1. The Morgan fingerprint density at radius 3 is 2.30 bits per heavy atom. The molecule has 37 heavy (non-hydrogen) atoms. The molecule has 2 aliphatic heterocycles. The molecule has 2 aromatic rings. The Balaban J connectivity index is 0.00000320. The minimum atomic E-state index is 0. The molecule has 1 aromatic carbocycles. The normalized spacial score (nSPS) is 22.5. The van der Waals surface area contributed by atoms with Crippen LogP contribution in [0.15, 0.2) is 47.3 Å². The van der Waals surface area contributed by atoms with Crippen LogP contribution in [-0.2, 0) is 11.3 Å². The first-order valence-electron chi connectivity index (χ1n) is 13.8. The fourth-order valence-electron chi connectivity index (χ4n) is 6.95. The molecule has 1 aliphatic carbocycles. The summed E-state index contributed by atoms with van der Waals surface area (Å²) in [5.41, 5.74) is 7.54. The summed E-state index contributed by atoms with van der Waals surface area (Å²) in [4.78, 5) is 7.73. The lowest BCUT2D eigenvalue weighted by molar-refractivity contribution is 0.0819. The number of ether oxygens (including phenoxy) is 1. The van der Waals surface area contributed by atoms with Crippen molar-refractivity contribution in [2.24, 2.45) is 10.8 Å². The molecule has 5 nitrogen and oxygen atoms in total. The molecule has 0 N–H and O–H groups in total. The third-order valence-corrected chi connectivity index (χ3v) is 8.33. The van der Waals surface area contributed by atoms with Crippen molar-refractivity contribution < 1.29 is 9.15 Å². The Morgan fingerprint density at radius 2 is 1.68 bits per heavy atom. The molecule has 0 atom stereocenters. The van der Waals surface area contributed by atoms with Crippen LogP contribution in [0, 0.1) is 10.8 Å². The number of nitrogens with zero attached hydrogens (tertiary/aromatic N) is 3. The van der Waals surface area contributed by atoms with Crippen LogP contribution in [0.2, 0.25) is 0 Å². The molecule has 6 heteroatoms. The minimum absolute atomic E-state index is 0. The summed E-state index contributed by atoms with van der Waals surface area (Å²) in [5, 5.41) is 0. The number of rotatable bonds is 6. The van der Waals surface area contributed by atoms with E-state index in [0.717, 1.165) is 65.1 Å². The van der Waals surface area contributed by atoms with Gasteiger partial charge in [0.15, 0.2) is 0 Å². The van der Waals surface area contributed by atoms with E-state index in [1.807, 2.05) is 13.4 Å². The van der Waals surface area contributed by atoms with Crippen molar-refractivity contribution in [2.45, 2.75) is 66.0 Å². The van der Waals surface area contributed by atoms with Gasteiger partial charge in [0.25, 0.3) is 0 Å². The Hall–Kier alpha value is -1.95. The van der Waals surface area contributed by atoms with E-state index in [1.165, 1.54) is 34.5 Å². The summed E-state index contributed by atoms with van der Waals surface area (Å²) in [6.07, 6.45) is 11.2. The van der Waals surface area contributed by atoms with Crippen molar-refractivity contribution in [1.29, 1.82) is 0 Å². The summed E-state index contributed by atoms with van der Waals surface area (Å²) in [6.45, 7) is 17.1. The first-order valence-corrected chi connectivity index (χ1v) is 13.8. The minimum Gasteiger partial charge on any atom is -0.472 e. The number of furan rings is 1. The fourth-order valence-corrected chi connectivity index (χ4v) is 6.95. The predicted octanol–water partition coefficient (Wildman–Crippen LogP) is 6.87. The van der Waals surface area contributed by atoms with Gasteiger partial charge in [0.1, 0.15) is 0 Å². The summed E-state index contributed by atoms with van der Waals surface area (Å²) in [7, 11) is 1.85. The number of halogens is 1. The highest BCUT2D eigenvalue weighted by Gasteiger charge is 2.35. The van der Waals surface area contributed by atoms with Gasteiger partial charge < -0.3 is 19.0 Å². The Bertz CT molecular complexity index is 1050. The molecule has 0 bridgehead atoms. The van der Waals surface area contributed by atoms with E-state index in [2.05, 4.69) is 72.7 Å². The molecule has 0 unspecified atom stereocenters. The number of piperidine rings is 1. The van der Waals surface area contributed by atoms with Crippen LogP contribution in [0.3, 0.4) is 0 Å². The molecule has 0 radical (unpaired) electrons. The van der Waals surface area contributed by atoms with Gasteiger partial charge in [-0.05, 0) is 66.4 Å². The molecule has 204 valence electrons. The van der Waals surface area contributed by atoms with Crippen molar-refractivity contribution in [3.63, 3.8) is 0 Å². The van der Waals surface area contributed by atoms with Crippen molar-refractivity contribution in [3.05, 3.63) is 54.0 Å². The van der Waals surface area contributed by atoms with Crippen LogP contribution in [0.4, 0.5) is 11.4 Å². The molecule has 2 fully saturated rings. The summed E-state index contributed by atoms with van der Waals surface area (Å²) in [5.74, 6) is 0. The molecule has 1 aromatic heterocycles. The lowest BCUT2D eigenvalue weighted by Crippen LogP contribution is -2.46. The predicted molar refractivity (Wildman–Crippen MR) is 157 cm³/mol. The van der Waals surface area contributed by atoms with Gasteiger partial charge in [-0.1, -0.05) is 33.8 Å². The third-order valence-electron chi connectivity index (χ3n) is 8.33. The van der Waals surface area contributed by atoms with Gasteiger partial charge in [0.2, 0.25) is 0 Å². The van der Waals surface area contributed by atoms with Crippen molar-refractivity contribution >= 4 is 29.4 Å². The second kappa shape index (κ2) is 11.4. The summed E-state index contributed by atoms with van der Waals surface area (Å²) >= 11 is 0. The van der Waals surface area contributed by atoms with E-state index < -0.39 is 0 Å². The van der Waals surface area contributed by atoms with Gasteiger partial charge in [-0.2, -0.15) is 0 Å². The maximum atomic E-state index is 5.63. The third kappa shape index (κ3) is 6.74. The average molecular weight is 528 g/mol. The van der Waals surface area contributed by atoms with E-state index in [9.17, 15) is 0 Å². The number of hydrogen-bond acceptors (Lipinski definition) is 5. The zero-order valence-corrected chi connectivity index (χ0v) is 24.3. The molecule has 3 heterocycles. The smallest absolute Gasteiger partial charge is 0.0947 e. The second-order valence-electron chi connectivity index (χ2n) is 12.7. The van der Waals surface area contributed by atoms with Crippen LogP contribution >= 0.6 is 12.4 Å². The van der Waals surface area contributed by atoms with E-state index in [0.29, 0.717) is 11.5 Å². The second-order valence-corrected chi connectivity index (χ2v) is 12.7. The highest BCUT2D eigenvalue weighted by Crippen LogP contribution is 2.49. The zero-order chi connectivity index (χ0) is 25.3.